The summed E-state index contributed by atoms with van der Waals surface area (Å²) in [5.41, 5.74) is 1.92. The van der Waals surface area contributed by atoms with Crippen molar-refractivity contribution < 1.29 is 9.53 Å². The summed E-state index contributed by atoms with van der Waals surface area (Å²) in [6, 6.07) is 19.0. The smallest absolute Gasteiger partial charge is 0.264 e. The standard InChI is InChI=1S/C20H20N2O2/c1-3-24-19-11-9-16(10-12-19)13-18(14-21)20(23)22(2)15-17-7-5-4-6-8-17/h4-13H,3,15H2,1-2H3/b18-13+. The average molecular weight is 320 g/mol. The Morgan fingerprint density at radius 1 is 1.17 bits per heavy atom. The number of nitriles is 1. The Morgan fingerprint density at radius 3 is 2.42 bits per heavy atom. The SMILES string of the molecule is CCOc1ccc(/C=C(\C#N)C(=O)N(C)Cc2ccccc2)cc1. The van der Waals surface area contributed by atoms with E-state index in [0.717, 1.165) is 16.9 Å². The predicted molar refractivity (Wildman–Crippen MR) is 94.1 cm³/mol. The van der Waals surface area contributed by atoms with Gasteiger partial charge in [0.25, 0.3) is 5.91 Å². The van der Waals surface area contributed by atoms with Crippen LogP contribution in [0.2, 0.25) is 0 Å². The molecule has 0 N–H and O–H groups in total. The van der Waals surface area contributed by atoms with Crippen LogP contribution in [-0.4, -0.2) is 24.5 Å². The van der Waals surface area contributed by atoms with Crippen LogP contribution in [0.3, 0.4) is 0 Å². The average Bonchev–Trinajstić information content (AvgIpc) is 2.61. The summed E-state index contributed by atoms with van der Waals surface area (Å²) in [7, 11) is 1.69. The highest BCUT2D eigenvalue weighted by molar-refractivity contribution is 6.01. The minimum Gasteiger partial charge on any atom is -0.494 e. The number of nitrogens with zero attached hydrogens (tertiary/aromatic N) is 2. The fourth-order valence-corrected chi connectivity index (χ4v) is 2.27. The highest BCUT2D eigenvalue weighted by atomic mass is 16.5. The van der Waals surface area contributed by atoms with E-state index < -0.39 is 0 Å². The zero-order valence-electron chi connectivity index (χ0n) is 13.9. The number of ether oxygens (including phenoxy) is 1. The highest BCUT2D eigenvalue weighted by Gasteiger charge is 2.14. The molecule has 122 valence electrons. The molecule has 0 aliphatic heterocycles. The van der Waals surface area contributed by atoms with Crippen LogP contribution in [0, 0.1) is 11.3 Å². The van der Waals surface area contributed by atoms with E-state index in [1.165, 1.54) is 0 Å². The normalized spacial score (nSPS) is 10.8. The van der Waals surface area contributed by atoms with Gasteiger partial charge in [0.1, 0.15) is 17.4 Å². The first-order chi connectivity index (χ1) is 11.6. The van der Waals surface area contributed by atoms with Gasteiger partial charge in [-0.1, -0.05) is 42.5 Å². The van der Waals surface area contributed by atoms with Crippen LogP contribution in [0.1, 0.15) is 18.1 Å². The fraction of sp³-hybridized carbons (Fsp3) is 0.200. The molecule has 0 aliphatic rings. The van der Waals surface area contributed by atoms with Gasteiger partial charge in [-0.25, -0.2) is 0 Å². The first kappa shape index (κ1) is 17.3. The molecule has 2 aromatic carbocycles. The van der Waals surface area contributed by atoms with Crippen molar-refractivity contribution in [2.45, 2.75) is 13.5 Å². The van der Waals surface area contributed by atoms with Crippen molar-refractivity contribution in [3.8, 4) is 11.8 Å². The molecule has 2 aromatic rings. The summed E-state index contributed by atoms with van der Waals surface area (Å²) in [5.74, 6) is 0.468. The Bertz CT molecular complexity index is 743. The molecule has 2 rings (SSSR count). The van der Waals surface area contributed by atoms with Crippen molar-refractivity contribution in [1.82, 2.24) is 4.90 Å². The Hall–Kier alpha value is -3.06. The van der Waals surface area contributed by atoms with E-state index >= 15 is 0 Å². The number of carbonyl (C=O) groups excluding carboxylic acids is 1. The molecule has 4 heteroatoms. The Morgan fingerprint density at radius 2 is 1.83 bits per heavy atom. The minimum atomic E-state index is -0.296. The van der Waals surface area contributed by atoms with Crippen molar-refractivity contribution in [3.05, 3.63) is 71.3 Å². The quantitative estimate of drug-likeness (QED) is 0.603. The third-order valence-corrected chi connectivity index (χ3v) is 3.46. The van der Waals surface area contributed by atoms with E-state index in [9.17, 15) is 10.1 Å². The lowest BCUT2D eigenvalue weighted by Gasteiger charge is -2.16. The van der Waals surface area contributed by atoms with Crippen molar-refractivity contribution in [2.75, 3.05) is 13.7 Å². The van der Waals surface area contributed by atoms with Gasteiger partial charge in [-0.15, -0.1) is 0 Å². The second-order valence-electron chi connectivity index (χ2n) is 5.32. The van der Waals surface area contributed by atoms with E-state index in [0.29, 0.717) is 13.2 Å². The molecule has 0 unspecified atom stereocenters. The molecule has 1 amide bonds. The fourth-order valence-electron chi connectivity index (χ4n) is 2.27. The van der Waals surface area contributed by atoms with Gasteiger partial charge < -0.3 is 9.64 Å². The number of amides is 1. The number of carbonyl (C=O) groups is 1. The maximum Gasteiger partial charge on any atom is 0.264 e. The maximum absolute atomic E-state index is 12.5. The molecule has 0 radical (unpaired) electrons. The van der Waals surface area contributed by atoms with E-state index in [1.807, 2.05) is 67.6 Å². The van der Waals surface area contributed by atoms with Gasteiger partial charge in [0.05, 0.1) is 6.61 Å². The molecule has 24 heavy (non-hydrogen) atoms. The first-order valence-electron chi connectivity index (χ1n) is 7.78. The number of hydrogen-bond acceptors (Lipinski definition) is 3. The van der Waals surface area contributed by atoms with Crippen LogP contribution in [0.4, 0.5) is 0 Å². The zero-order chi connectivity index (χ0) is 17.4. The molecule has 0 spiro atoms. The van der Waals surface area contributed by atoms with Crippen LogP contribution in [-0.2, 0) is 11.3 Å². The molecule has 0 aliphatic carbocycles. The second kappa shape index (κ2) is 8.54. The van der Waals surface area contributed by atoms with E-state index in [2.05, 4.69) is 0 Å². The van der Waals surface area contributed by atoms with Crippen molar-refractivity contribution in [2.24, 2.45) is 0 Å². The zero-order valence-corrected chi connectivity index (χ0v) is 13.9. The molecular weight excluding hydrogens is 300 g/mol. The maximum atomic E-state index is 12.5. The van der Waals surface area contributed by atoms with Gasteiger partial charge in [0.2, 0.25) is 0 Å². The second-order valence-corrected chi connectivity index (χ2v) is 5.32. The van der Waals surface area contributed by atoms with Crippen LogP contribution in [0.25, 0.3) is 6.08 Å². The summed E-state index contributed by atoms with van der Waals surface area (Å²) in [4.78, 5) is 14.0. The van der Waals surface area contributed by atoms with E-state index in [4.69, 9.17) is 4.74 Å². The number of benzene rings is 2. The van der Waals surface area contributed by atoms with Gasteiger partial charge in [-0.3, -0.25) is 4.79 Å². The van der Waals surface area contributed by atoms with Crippen LogP contribution >= 0.6 is 0 Å². The van der Waals surface area contributed by atoms with Crippen LogP contribution in [0.5, 0.6) is 5.75 Å². The molecule has 0 heterocycles. The lowest BCUT2D eigenvalue weighted by Crippen LogP contribution is -2.27. The van der Waals surface area contributed by atoms with Crippen molar-refractivity contribution in [3.63, 3.8) is 0 Å². The monoisotopic (exact) mass is 320 g/mol. The summed E-state index contributed by atoms with van der Waals surface area (Å²) in [6.45, 7) is 2.98. The Balaban J connectivity index is 2.11. The number of likely N-dealkylation sites (N-methyl/N-ethyl adjacent to an activating group) is 1. The summed E-state index contributed by atoms with van der Waals surface area (Å²) >= 11 is 0. The predicted octanol–water partition coefficient (Wildman–Crippen LogP) is 3.65. The molecule has 4 nitrogen and oxygen atoms in total. The topological polar surface area (TPSA) is 53.3 Å². The summed E-state index contributed by atoms with van der Waals surface area (Å²) < 4.78 is 5.38. The third-order valence-electron chi connectivity index (χ3n) is 3.46. The van der Waals surface area contributed by atoms with Crippen LogP contribution in [0.15, 0.2) is 60.2 Å². The third kappa shape index (κ3) is 4.72. The molecule has 0 atom stereocenters. The minimum absolute atomic E-state index is 0.109. The molecule has 0 saturated heterocycles. The van der Waals surface area contributed by atoms with Crippen molar-refractivity contribution >= 4 is 12.0 Å². The largest absolute Gasteiger partial charge is 0.494 e. The molecule has 0 aromatic heterocycles. The van der Waals surface area contributed by atoms with Crippen molar-refractivity contribution in [1.29, 1.82) is 5.26 Å². The molecular formula is C20H20N2O2. The summed E-state index contributed by atoms with van der Waals surface area (Å²) in [5, 5.41) is 9.32. The van der Waals surface area contributed by atoms with Gasteiger partial charge in [0.15, 0.2) is 0 Å². The number of hydrogen-bond donors (Lipinski definition) is 0. The van der Waals surface area contributed by atoms with Crippen LogP contribution < -0.4 is 4.74 Å². The summed E-state index contributed by atoms with van der Waals surface area (Å²) in [6.07, 6.45) is 1.60. The van der Waals surface area contributed by atoms with Gasteiger partial charge in [0, 0.05) is 13.6 Å². The molecule has 0 fully saturated rings. The highest BCUT2D eigenvalue weighted by Crippen LogP contribution is 2.15. The van der Waals surface area contributed by atoms with Gasteiger partial charge in [-0.05, 0) is 36.3 Å². The molecule has 0 saturated carbocycles. The Labute approximate surface area is 142 Å². The van der Waals surface area contributed by atoms with Gasteiger partial charge in [-0.2, -0.15) is 5.26 Å². The lowest BCUT2D eigenvalue weighted by atomic mass is 10.1. The van der Waals surface area contributed by atoms with E-state index in [1.54, 1.807) is 18.0 Å². The molecule has 0 bridgehead atoms. The van der Waals surface area contributed by atoms with E-state index in [-0.39, 0.29) is 11.5 Å². The van der Waals surface area contributed by atoms with Gasteiger partial charge >= 0.3 is 0 Å². The first-order valence-corrected chi connectivity index (χ1v) is 7.78. The lowest BCUT2D eigenvalue weighted by molar-refractivity contribution is -0.125. The Kier molecular flexibility index (Phi) is 6.16. The number of rotatable bonds is 6.